The molecule has 4 nitrogen and oxygen atoms in total. The van der Waals surface area contributed by atoms with Gasteiger partial charge in [-0.15, -0.1) is 0 Å². The monoisotopic (exact) mass is 275 g/mol. The largest absolute Gasteiger partial charge is 0.433 e. The molecular weight excluding hydrogens is 264 g/mol. The number of anilines is 1. The lowest BCUT2D eigenvalue weighted by Crippen LogP contribution is -2.05. The highest BCUT2D eigenvalue weighted by Crippen LogP contribution is 2.28. The first-order valence-electron chi connectivity index (χ1n) is 5.92. The Morgan fingerprint density at radius 1 is 1.15 bits per heavy atom. The van der Waals surface area contributed by atoms with Crippen LogP contribution < -0.4 is 10.5 Å². The predicted molar refractivity (Wildman–Crippen MR) is 72.1 cm³/mol. The van der Waals surface area contributed by atoms with Crippen LogP contribution in [0, 0.1) is 0 Å². The minimum atomic E-state index is -2.87. The third kappa shape index (κ3) is 2.16. The minimum absolute atomic E-state index is 0.0959. The second kappa shape index (κ2) is 4.80. The lowest BCUT2D eigenvalue weighted by Gasteiger charge is -2.11. The van der Waals surface area contributed by atoms with Crippen molar-refractivity contribution in [3.05, 3.63) is 48.8 Å². The molecule has 0 amide bonds. The number of fused-ring (bicyclic) bond motifs is 1. The van der Waals surface area contributed by atoms with Gasteiger partial charge >= 0.3 is 6.61 Å². The summed E-state index contributed by atoms with van der Waals surface area (Å²) in [6.07, 6.45) is 1.55. The molecule has 0 fully saturated rings. The van der Waals surface area contributed by atoms with Crippen LogP contribution in [0.1, 0.15) is 0 Å². The fourth-order valence-corrected chi connectivity index (χ4v) is 2.07. The van der Waals surface area contributed by atoms with E-state index < -0.39 is 6.61 Å². The van der Waals surface area contributed by atoms with Crippen LogP contribution in [0.5, 0.6) is 5.75 Å². The predicted octanol–water partition coefficient (Wildman–Crippen LogP) is 3.21. The summed E-state index contributed by atoms with van der Waals surface area (Å²) in [6, 6.07) is 11.8. The smallest absolute Gasteiger partial charge is 0.387 e. The maximum absolute atomic E-state index is 12.4. The quantitative estimate of drug-likeness (QED) is 0.747. The zero-order chi connectivity index (χ0) is 14.1. The Kier molecular flexibility index (Phi) is 2.98. The van der Waals surface area contributed by atoms with E-state index in [0.29, 0.717) is 16.9 Å². The van der Waals surface area contributed by atoms with E-state index >= 15 is 0 Å². The molecule has 3 rings (SSSR count). The molecule has 3 aromatic rings. The fraction of sp³-hybridized carbons (Fsp3) is 0.0714. The molecule has 20 heavy (non-hydrogen) atoms. The Balaban J connectivity index is 2.16. The lowest BCUT2D eigenvalue weighted by molar-refractivity contribution is -0.0498. The number of para-hydroxylation sites is 2. The van der Waals surface area contributed by atoms with Crippen LogP contribution in [0.25, 0.3) is 16.7 Å². The van der Waals surface area contributed by atoms with Gasteiger partial charge in [-0.2, -0.15) is 8.78 Å². The Hall–Kier alpha value is -2.63. The van der Waals surface area contributed by atoms with E-state index in [-0.39, 0.29) is 5.75 Å². The molecule has 0 unspecified atom stereocenters. The van der Waals surface area contributed by atoms with E-state index in [4.69, 9.17) is 5.73 Å². The van der Waals surface area contributed by atoms with Gasteiger partial charge in [0.05, 0.1) is 16.7 Å². The molecule has 1 heterocycles. The van der Waals surface area contributed by atoms with Crippen molar-refractivity contribution < 1.29 is 13.5 Å². The molecule has 2 N–H and O–H groups in total. The van der Waals surface area contributed by atoms with Gasteiger partial charge in [-0.25, -0.2) is 4.98 Å². The number of rotatable bonds is 3. The van der Waals surface area contributed by atoms with Crippen LogP contribution in [0.2, 0.25) is 0 Å². The van der Waals surface area contributed by atoms with Gasteiger partial charge in [0.1, 0.15) is 12.1 Å². The van der Waals surface area contributed by atoms with Gasteiger partial charge in [0.25, 0.3) is 0 Å². The highest BCUT2D eigenvalue weighted by molar-refractivity contribution is 5.81. The molecule has 0 atom stereocenters. The van der Waals surface area contributed by atoms with Crippen molar-refractivity contribution in [3.63, 3.8) is 0 Å². The highest BCUT2D eigenvalue weighted by Gasteiger charge is 2.12. The standard InChI is InChI=1S/C14H11F2N3O/c15-14(16)20-13-4-2-1-3-12(13)19-8-18-10-7-9(17)5-6-11(10)19/h1-8,14H,17H2. The summed E-state index contributed by atoms with van der Waals surface area (Å²) in [6.45, 7) is -2.87. The normalized spacial score (nSPS) is 11.2. The number of alkyl halides is 2. The fourth-order valence-electron chi connectivity index (χ4n) is 2.07. The van der Waals surface area contributed by atoms with E-state index in [1.165, 1.54) is 6.07 Å². The van der Waals surface area contributed by atoms with Gasteiger partial charge in [0.2, 0.25) is 0 Å². The molecule has 0 aliphatic heterocycles. The summed E-state index contributed by atoms with van der Waals surface area (Å²) in [5.74, 6) is 0.0959. The number of ether oxygens (including phenoxy) is 1. The number of benzene rings is 2. The van der Waals surface area contributed by atoms with Crippen molar-refractivity contribution in [2.24, 2.45) is 0 Å². The third-order valence-electron chi connectivity index (χ3n) is 2.91. The van der Waals surface area contributed by atoms with E-state index in [0.717, 1.165) is 5.52 Å². The number of imidazole rings is 1. The number of aromatic nitrogens is 2. The SMILES string of the molecule is Nc1ccc2c(c1)ncn2-c1ccccc1OC(F)F. The van der Waals surface area contributed by atoms with Crippen molar-refractivity contribution in [3.8, 4) is 11.4 Å². The van der Waals surface area contributed by atoms with Gasteiger partial charge in [0.15, 0.2) is 0 Å². The van der Waals surface area contributed by atoms with E-state index in [9.17, 15) is 8.78 Å². The zero-order valence-corrected chi connectivity index (χ0v) is 10.3. The lowest BCUT2D eigenvalue weighted by atomic mass is 10.2. The minimum Gasteiger partial charge on any atom is -0.433 e. The van der Waals surface area contributed by atoms with Crippen molar-refractivity contribution in [1.82, 2.24) is 9.55 Å². The molecule has 6 heteroatoms. The number of halogens is 2. The molecule has 102 valence electrons. The second-order valence-electron chi connectivity index (χ2n) is 4.21. The van der Waals surface area contributed by atoms with Crippen molar-refractivity contribution in [1.29, 1.82) is 0 Å². The average Bonchev–Trinajstić information content (AvgIpc) is 2.81. The highest BCUT2D eigenvalue weighted by atomic mass is 19.3. The number of hydrogen-bond donors (Lipinski definition) is 1. The molecule has 0 bridgehead atoms. The van der Waals surface area contributed by atoms with Crippen molar-refractivity contribution in [2.75, 3.05) is 5.73 Å². The maximum Gasteiger partial charge on any atom is 0.387 e. The first kappa shape index (κ1) is 12.4. The second-order valence-corrected chi connectivity index (χ2v) is 4.21. The number of nitrogens with zero attached hydrogens (tertiary/aromatic N) is 2. The summed E-state index contributed by atoms with van der Waals surface area (Å²) >= 11 is 0. The van der Waals surface area contributed by atoms with E-state index in [1.54, 1.807) is 47.3 Å². The summed E-state index contributed by atoms with van der Waals surface area (Å²) in [4.78, 5) is 4.22. The van der Waals surface area contributed by atoms with Crippen LogP contribution in [0.3, 0.4) is 0 Å². The summed E-state index contributed by atoms with van der Waals surface area (Å²) in [5.41, 5.74) is 8.25. The van der Waals surface area contributed by atoms with Crippen LogP contribution in [-0.4, -0.2) is 16.2 Å². The summed E-state index contributed by atoms with van der Waals surface area (Å²) in [5, 5.41) is 0. The van der Waals surface area contributed by atoms with Crippen LogP contribution >= 0.6 is 0 Å². The summed E-state index contributed by atoms with van der Waals surface area (Å²) < 4.78 is 31.1. The van der Waals surface area contributed by atoms with Gasteiger partial charge in [0, 0.05) is 5.69 Å². The first-order valence-corrected chi connectivity index (χ1v) is 5.92. The average molecular weight is 275 g/mol. The molecule has 2 aromatic carbocycles. The Labute approximate surface area is 113 Å². The van der Waals surface area contributed by atoms with E-state index in [2.05, 4.69) is 9.72 Å². The molecule has 0 radical (unpaired) electrons. The molecule has 0 saturated carbocycles. The number of nitrogen functional groups attached to an aromatic ring is 1. The van der Waals surface area contributed by atoms with Gasteiger partial charge in [-0.3, -0.25) is 4.57 Å². The first-order chi connectivity index (χ1) is 9.65. The maximum atomic E-state index is 12.4. The molecule has 0 aliphatic rings. The topological polar surface area (TPSA) is 53.1 Å². The Bertz CT molecular complexity index is 755. The third-order valence-corrected chi connectivity index (χ3v) is 2.91. The molecular formula is C14H11F2N3O. The molecule has 1 aromatic heterocycles. The van der Waals surface area contributed by atoms with Gasteiger partial charge < -0.3 is 10.5 Å². The molecule has 0 saturated heterocycles. The zero-order valence-electron chi connectivity index (χ0n) is 10.3. The van der Waals surface area contributed by atoms with Crippen LogP contribution in [0.15, 0.2) is 48.8 Å². The van der Waals surface area contributed by atoms with E-state index in [1.807, 2.05) is 0 Å². The van der Waals surface area contributed by atoms with Crippen LogP contribution in [0.4, 0.5) is 14.5 Å². The van der Waals surface area contributed by atoms with Gasteiger partial charge in [-0.1, -0.05) is 12.1 Å². The molecule has 0 aliphatic carbocycles. The van der Waals surface area contributed by atoms with Crippen molar-refractivity contribution in [2.45, 2.75) is 6.61 Å². The Morgan fingerprint density at radius 3 is 2.75 bits per heavy atom. The molecule has 0 spiro atoms. The Morgan fingerprint density at radius 2 is 1.95 bits per heavy atom. The van der Waals surface area contributed by atoms with Crippen molar-refractivity contribution >= 4 is 16.7 Å². The number of nitrogens with two attached hydrogens (primary N) is 1. The number of hydrogen-bond acceptors (Lipinski definition) is 3. The van der Waals surface area contributed by atoms with Crippen LogP contribution in [-0.2, 0) is 0 Å². The summed E-state index contributed by atoms with van der Waals surface area (Å²) in [7, 11) is 0. The van der Waals surface area contributed by atoms with Gasteiger partial charge in [-0.05, 0) is 30.3 Å².